The molecule has 0 saturated heterocycles. The Labute approximate surface area is 155 Å². The predicted octanol–water partition coefficient (Wildman–Crippen LogP) is 4.46. The Morgan fingerprint density at radius 2 is 1.88 bits per heavy atom. The van der Waals surface area contributed by atoms with Gasteiger partial charge in [-0.2, -0.15) is 0 Å². The fourth-order valence-electron chi connectivity index (χ4n) is 4.18. The largest absolute Gasteiger partial charge is 0.465 e. The second-order valence-corrected chi connectivity index (χ2v) is 7.88. The summed E-state index contributed by atoms with van der Waals surface area (Å²) < 4.78 is 5.37. The van der Waals surface area contributed by atoms with E-state index in [9.17, 15) is 9.59 Å². The lowest BCUT2D eigenvalue weighted by molar-refractivity contribution is -0.146. The Morgan fingerprint density at radius 1 is 1.19 bits per heavy atom. The number of hydrogen-bond donors (Lipinski definition) is 0. The average Bonchev–Trinajstić information content (AvgIpc) is 2.59. The first-order valence-electron chi connectivity index (χ1n) is 9.43. The van der Waals surface area contributed by atoms with Gasteiger partial charge < -0.3 is 4.74 Å². The number of Topliss-reactive ketones (excluding diaryl/α,β-unsaturated/α-hetero) is 1. The molecule has 4 nitrogen and oxygen atoms in total. The van der Waals surface area contributed by atoms with Crippen LogP contribution in [0.3, 0.4) is 0 Å². The Kier molecular flexibility index (Phi) is 5.12. The number of allylic oxidation sites excluding steroid dienone is 2. The van der Waals surface area contributed by atoms with Gasteiger partial charge in [0.25, 0.3) is 0 Å². The van der Waals surface area contributed by atoms with Gasteiger partial charge in [-0.15, -0.1) is 0 Å². The van der Waals surface area contributed by atoms with Gasteiger partial charge in [0.1, 0.15) is 5.92 Å². The summed E-state index contributed by atoms with van der Waals surface area (Å²) in [5.41, 5.74) is 3.27. The first kappa shape index (κ1) is 18.6. The fraction of sp³-hybridized carbons (Fsp3) is 0.500. The summed E-state index contributed by atoms with van der Waals surface area (Å²) in [6.07, 6.45) is 1.91. The number of aliphatic imine (C=N–C) groups is 1. The van der Waals surface area contributed by atoms with Crippen molar-refractivity contribution in [3.8, 4) is 0 Å². The fourth-order valence-corrected chi connectivity index (χ4v) is 4.18. The molecule has 26 heavy (non-hydrogen) atoms. The van der Waals surface area contributed by atoms with Crippen LogP contribution in [-0.2, 0) is 14.3 Å². The van der Waals surface area contributed by atoms with Crippen molar-refractivity contribution in [3.05, 3.63) is 47.2 Å². The van der Waals surface area contributed by atoms with E-state index in [-0.39, 0.29) is 23.1 Å². The van der Waals surface area contributed by atoms with Gasteiger partial charge in [-0.05, 0) is 30.7 Å². The second kappa shape index (κ2) is 7.18. The molecule has 1 heterocycles. The summed E-state index contributed by atoms with van der Waals surface area (Å²) in [4.78, 5) is 30.7. The van der Waals surface area contributed by atoms with Gasteiger partial charge in [0, 0.05) is 29.3 Å². The molecule has 4 heteroatoms. The van der Waals surface area contributed by atoms with E-state index in [0.717, 1.165) is 23.4 Å². The summed E-state index contributed by atoms with van der Waals surface area (Å²) in [6.45, 7) is 8.34. The van der Waals surface area contributed by atoms with Gasteiger partial charge in [0.2, 0.25) is 0 Å². The normalized spacial score (nSPS) is 24.8. The molecule has 1 unspecified atom stereocenters. The van der Waals surface area contributed by atoms with Crippen molar-refractivity contribution >= 4 is 17.5 Å². The average molecular weight is 353 g/mol. The van der Waals surface area contributed by atoms with Gasteiger partial charge in [0.05, 0.1) is 6.61 Å². The number of esters is 1. The molecule has 0 fully saturated rings. The summed E-state index contributed by atoms with van der Waals surface area (Å²) in [5, 5.41) is 0. The second-order valence-electron chi connectivity index (χ2n) is 7.88. The number of benzene rings is 1. The van der Waals surface area contributed by atoms with Crippen LogP contribution in [0, 0.1) is 11.3 Å². The summed E-state index contributed by atoms with van der Waals surface area (Å²) in [6, 6.07) is 9.83. The van der Waals surface area contributed by atoms with Crippen LogP contribution in [0.4, 0.5) is 0 Å². The number of hydrogen-bond acceptors (Lipinski definition) is 4. The monoisotopic (exact) mass is 353 g/mol. The SMILES string of the molecule is CCOC(=O)C1C(CC)=NC2=C(C(=O)CC(C)(C)C2)[C@H]1c1ccccc1. The highest BCUT2D eigenvalue weighted by molar-refractivity contribution is 6.09. The highest BCUT2D eigenvalue weighted by atomic mass is 16.5. The van der Waals surface area contributed by atoms with Gasteiger partial charge >= 0.3 is 5.97 Å². The first-order chi connectivity index (χ1) is 12.4. The van der Waals surface area contributed by atoms with Crippen molar-refractivity contribution in [1.29, 1.82) is 0 Å². The Balaban J connectivity index is 2.18. The van der Waals surface area contributed by atoms with Crippen molar-refractivity contribution < 1.29 is 14.3 Å². The van der Waals surface area contributed by atoms with Gasteiger partial charge in [-0.1, -0.05) is 51.1 Å². The topological polar surface area (TPSA) is 55.7 Å². The molecule has 1 aromatic rings. The summed E-state index contributed by atoms with van der Waals surface area (Å²) in [7, 11) is 0. The van der Waals surface area contributed by atoms with Crippen molar-refractivity contribution in [2.75, 3.05) is 6.61 Å². The third-order valence-electron chi connectivity index (χ3n) is 5.24. The van der Waals surface area contributed by atoms with Crippen LogP contribution >= 0.6 is 0 Å². The molecule has 0 saturated carbocycles. The minimum absolute atomic E-state index is 0.101. The van der Waals surface area contributed by atoms with Gasteiger partial charge in [0.15, 0.2) is 5.78 Å². The number of carbonyl (C=O) groups is 2. The van der Waals surface area contributed by atoms with E-state index in [4.69, 9.17) is 9.73 Å². The third-order valence-corrected chi connectivity index (χ3v) is 5.24. The lowest BCUT2D eigenvalue weighted by Gasteiger charge is -2.39. The molecule has 2 aliphatic rings. The summed E-state index contributed by atoms with van der Waals surface area (Å²) >= 11 is 0. The number of nitrogens with zero attached hydrogens (tertiary/aromatic N) is 1. The maximum atomic E-state index is 13.1. The molecular weight excluding hydrogens is 326 g/mol. The van der Waals surface area contributed by atoms with Crippen LogP contribution in [0.5, 0.6) is 0 Å². The highest BCUT2D eigenvalue weighted by Crippen LogP contribution is 2.48. The maximum absolute atomic E-state index is 13.1. The number of rotatable bonds is 4. The van der Waals surface area contributed by atoms with Crippen LogP contribution in [-0.4, -0.2) is 24.1 Å². The van der Waals surface area contributed by atoms with Gasteiger partial charge in [-0.3, -0.25) is 14.6 Å². The van der Waals surface area contributed by atoms with E-state index < -0.39 is 5.92 Å². The number of carbonyl (C=O) groups excluding carboxylic acids is 2. The lowest BCUT2D eigenvalue weighted by Crippen LogP contribution is -2.40. The Bertz CT molecular complexity index is 774. The van der Waals surface area contributed by atoms with Crippen LogP contribution in [0.25, 0.3) is 0 Å². The van der Waals surface area contributed by atoms with E-state index >= 15 is 0 Å². The lowest BCUT2D eigenvalue weighted by atomic mass is 9.66. The Morgan fingerprint density at radius 3 is 2.50 bits per heavy atom. The molecule has 0 bridgehead atoms. The zero-order chi connectivity index (χ0) is 18.9. The van der Waals surface area contributed by atoms with Crippen molar-refractivity contribution in [3.63, 3.8) is 0 Å². The standard InChI is InChI=1S/C22H27NO3/c1-5-15-20(21(25)26-6-2)18(14-10-8-7-9-11-14)19-16(23-15)12-22(3,4)13-17(19)24/h7-11,18,20H,5-6,12-13H2,1-4H3/t18-,20?/m1/s1. The molecule has 1 aliphatic carbocycles. The maximum Gasteiger partial charge on any atom is 0.315 e. The molecule has 1 aliphatic heterocycles. The van der Waals surface area contributed by atoms with Crippen molar-refractivity contribution in [2.24, 2.45) is 16.3 Å². The molecule has 0 aromatic heterocycles. The molecule has 0 N–H and O–H groups in total. The molecular formula is C22H27NO3. The van der Waals surface area contributed by atoms with Gasteiger partial charge in [-0.25, -0.2) is 0 Å². The minimum atomic E-state index is -0.522. The van der Waals surface area contributed by atoms with Crippen LogP contribution < -0.4 is 0 Å². The minimum Gasteiger partial charge on any atom is -0.465 e. The molecule has 138 valence electrons. The van der Waals surface area contributed by atoms with E-state index in [1.54, 1.807) is 6.92 Å². The zero-order valence-electron chi connectivity index (χ0n) is 16.0. The summed E-state index contributed by atoms with van der Waals surface area (Å²) in [5.74, 6) is -1.00. The van der Waals surface area contributed by atoms with Crippen LogP contribution in [0.2, 0.25) is 0 Å². The van der Waals surface area contributed by atoms with E-state index in [1.165, 1.54) is 0 Å². The van der Waals surface area contributed by atoms with E-state index in [0.29, 0.717) is 25.0 Å². The van der Waals surface area contributed by atoms with Crippen molar-refractivity contribution in [2.45, 2.75) is 52.9 Å². The molecule has 1 aromatic carbocycles. The number of ether oxygens (including phenoxy) is 1. The van der Waals surface area contributed by atoms with E-state index in [1.807, 2.05) is 37.3 Å². The van der Waals surface area contributed by atoms with Crippen molar-refractivity contribution in [1.82, 2.24) is 0 Å². The zero-order valence-corrected chi connectivity index (χ0v) is 16.0. The van der Waals surface area contributed by atoms with Crippen LogP contribution in [0.1, 0.15) is 58.4 Å². The van der Waals surface area contributed by atoms with E-state index in [2.05, 4.69) is 13.8 Å². The Hall–Kier alpha value is -2.23. The molecule has 0 amide bonds. The molecule has 3 rings (SSSR count). The first-order valence-corrected chi connectivity index (χ1v) is 9.43. The quantitative estimate of drug-likeness (QED) is 0.751. The van der Waals surface area contributed by atoms with Crippen LogP contribution in [0.15, 0.2) is 46.6 Å². The molecule has 2 atom stereocenters. The predicted molar refractivity (Wildman–Crippen MR) is 102 cm³/mol. The molecule has 0 spiro atoms. The number of ketones is 1. The third kappa shape index (κ3) is 3.37. The smallest absolute Gasteiger partial charge is 0.315 e. The molecule has 0 radical (unpaired) electrons. The highest BCUT2D eigenvalue weighted by Gasteiger charge is 2.46.